The Bertz CT molecular complexity index is 1060. The van der Waals surface area contributed by atoms with Crippen molar-refractivity contribution in [2.45, 2.75) is 90.9 Å². The van der Waals surface area contributed by atoms with Crippen LogP contribution >= 0.6 is 0 Å². The molecule has 1 atom stereocenters. The molecule has 0 bridgehead atoms. The van der Waals surface area contributed by atoms with Gasteiger partial charge in [-0.1, -0.05) is 121 Å². The summed E-state index contributed by atoms with van der Waals surface area (Å²) in [5, 5.41) is 2.98. The van der Waals surface area contributed by atoms with Crippen molar-refractivity contribution in [2.75, 3.05) is 6.54 Å². The van der Waals surface area contributed by atoms with E-state index in [0.717, 1.165) is 24.9 Å². The molecule has 3 aromatic rings. The Labute approximate surface area is 219 Å². The Kier molecular flexibility index (Phi) is 10.3. The van der Waals surface area contributed by atoms with Gasteiger partial charge in [-0.3, -0.25) is 4.79 Å². The van der Waals surface area contributed by atoms with E-state index >= 15 is 0 Å². The third-order valence-electron chi connectivity index (χ3n) is 7.11. The summed E-state index contributed by atoms with van der Waals surface area (Å²) < 4.78 is 0. The van der Waals surface area contributed by atoms with Gasteiger partial charge in [-0.2, -0.15) is 0 Å². The molecule has 0 aromatic heterocycles. The standard InChI is InChI=1S/C34H45NO/c1-6-8-9-10-11-31(29-16-18-30(19-17-29)33(36)35-24-7-2)25-26-12-14-27(15-13-26)28-20-22-32(23-21-28)34(3,4)5/h12-23,31H,6-11,24-25H2,1-5H3,(H,35,36). The zero-order valence-corrected chi connectivity index (χ0v) is 23.1. The van der Waals surface area contributed by atoms with Gasteiger partial charge in [0.1, 0.15) is 0 Å². The fourth-order valence-electron chi connectivity index (χ4n) is 4.73. The number of carbonyl (C=O) groups excluding carboxylic acids is 1. The minimum absolute atomic E-state index is 0.0222. The Morgan fingerprint density at radius 2 is 1.36 bits per heavy atom. The third kappa shape index (κ3) is 8.08. The quantitative estimate of drug-likeness (QED) is 0.256. The predicted molar refractivity (Wildman–Crippen MR) is 155 cm³/mol. The monoisotopic (exact) mass is 483 g/mol. The molecule has 0 aliphatic carbocycles. The summed E-state index contributed by atoms with van der Waals surface area (Å²) in [5.41, 5.74) is 7.52. The van der Waals surface area contributed by atoms with Gasteiger partial charge in [0, 0.05) is 12.1 Å². The molecule has 0 aliphatic heterocycles. The van der Waals surface area contributed by atoms with E-state index in [1.54, 1.807) is 0 Å². The summed E-state index contributed by atoms with van der Waals surface area (Å²) in [5.74, 6) is 0.487. The highest BCUT2D eigenvalue weighted by Crippen LogP contribution is 2.30. The normalized spacial score (nSPS) is 12.4. The number of rotatable bonds is 12. The van der Waals surface area contributed by atoms with Crippen LogP contribution in [0.25, 0.3) is 11.1 Å². The number of hydrogen-bond acceptors (Lipinski definition) is 1. The molecule has 1 unspecified atom stereocenters. The second-order valence-electron chi connectivity index (χ2n) is 11.2. The molecule has 0 fully saturated rings. The van der Waals surface area contributed by atoms with Crippen molar-refractivity contribution in [3.8, 4) is 11.1 Å². The first-order chi connectivity index (χ1) is 17.3. The first-order valence-corrected chi connectivity index (χ1v) is 13.9. The van der Waals surface area contributed by atoms with Crippen LogP contribution in [0.15, 0.2) is 72.8 Å². The lowest BCUT2D eigenvalue weighted by Crippen LogP contribution is -2.23. The zero-order chi connectivity index (χ0) is 26.0. The van der Waals surface area contributed by atoms with Crippen molar-refractivity contribution < 1.29 is 4.79 Å². The molecule has 36 heavy (non-hydrogen) atoms. The molecular weight excluding hydrogens is 438 g/mol. The fourth-order valence-corrected chi connectivity index (χ4v) is 4.73. The van der Waals surface area contributed by atoms with E-state index in [4.69, 9.17) is 0 Å². The van der Waals surface area contributed by atoms with E-state index in [9.17, 15) is 4.79 Å². The second kappa shape index (κ2) is 13.4. The minimum atomic E-state index is 0.0222. The van der Waals surface area contributed by atoms with E-state index < -0.39 is 0 Å². The summed E-state index contributed by atoms with van der Waals surface area (Å²) in [4.78, 5) is 12.3. The van der Waals surface area contributed by atoms with E-state index in [1.165, 1.54) is 59.9 Å². The van der Waals surface area contributed by atoms with Crippen molar-refractivity contribution in [3.05, 3.63) is 95.1 Å². The van der Waals surface area contributed by atoms with Crippen LogP contribution in [0.5, 0.6) is 0 Å². The van der Waals surface area contributed by atoms with Gasteiger partial charge in [-0.15, -0.1) is 0 Å². The predicted octanol–water partition coefficient (Wildman–Crippen LogP) is 9.09. The van der Waals surface area contributed by atoms with Gasteiger partial charge in [0.05, 0.1) is 0 Å². The minimum Gasteiger partial charge on any atom is -0.352 e. The molecular formula is C34H45NO. The maximum atomic E-state index is 12.3. The summed E-state index contributed by atoms with van der Waals surface area (Å²) >= 11 is 0. The lowest BCUT2D eigenvalue weighted by atomic mass is 9.85. The van der Waals surface area contributed by atoms with Gasteiger partial charge in [0.15, 0.2) is 0 Å². The smallest absolute Gasteiger partial charge is 0.251 e. The number of unbranched alkanes of at least 4 members (excludes halogenated alkanes) is 3. The molecule has 0 heterocycles. The average molecular weight is 484 g/mol. The van der Waals surface area contributed by atoms with Crippen LogP contribution in [-0.4, -0.2) is 12.5 Å². The largest absolute Gasteiger partial charge is 0.352 e. The first-order valence-electron chi connectivity index (χ1n) is 13.9. The van der Waals surface area contributed by atoms with Gasteiger partial charge in [-0.25, -0.2) is 0 Å². The van der Waals surface area contributed by atoms with Crippen molar-refractivity contribution in [1.82, 2.24) is 5.32 Å². The Hall–Kier alpha value is -2.87. The molecule has 192 valence electrons. The van der Waals surface area contributed by atoms with Gasteiger partial charge in [0.2, 0.25) is 0 Å². The summed E-state index contributed by atoms with van der Waals surface area (Å²) in [6, 6.07) is 26.4. The van der Waals surface area contributed by atoms with Crippen LogP contribution in [0, 0.1) is 0 Å². The summed E-state index contributed by atoms with van der Waals surface area (Å²) in [7, 11) is 0. The van der Waals surface area contributed by atoms with E-state index in [-0.39, 0.29) is 11.3 Å². The molecule has 0 saturated carbocycles. The van der Waals surface area contributed by atoms with Crippen LogP contribution < -0.4 is 5.32 Å². The lowest BCUT2D eigenvalue weighted by Gasteiger charge is -2.19. The van der Waals surface area contributed by atoms with Gasteiger partial charge < -0.3 is 5.32 Å². The van der Waals surface area contributed by atoms with E-state index in [2.05, 4.69) is 101 Å². The third-order valence-corrected chi connectivity index (χ3v) is 7.11. The van der Waals surface area contributed by atoms with E-state index in [0.29, 0.717) is 5.92 Å². The number of amides is 1. The fraction of sp³-hybridized carbons (Fsp3) is 0.441. The van der Waals surface area contributed by atoms with Gasteiger partial charge in [0.25, 0.3) is 5.91 Å². The number of nitrogens with one attached hydrogen (secondary N) is 1. The topological polar surface area (TPSA) is 29.1 Å². The van der Waals surface area contributed by atoms with Crippen molar-refractivity contribution in [3.63, 3.8) is 0 Å². The lowest BCUT2D eigenvalue weighted by molar-refractivity contribution is 0.0953. The Balaban J connectivity index is 1.72. The summed E-state index contributed by atoms with van der Waals surface area (Å²) in [6.45, 7) is 11.8. The maximum Gasteiger partial charge on any atom is 0.251 e. The number of hydrogen-bond donors (Lipinski definition) is 1. The molecule has 2 nitrogen and oxygen atoms in total. The van der Waals surface area contributed by atoms with Crippen LogP contribution in [-0.2, 0) is 11.8 Å². The molecule has 1 amide bonds. The zero-order valence-electron chi connectivity index (χ0n) is 23.1. The van der Waals surface area contributed by atoms with Crippen molar-refractivity contribution >= 4 is 5.91 Å². The molecule has 1 N–H and O–H groups in total. The van der Waals surface area contributed by atoms with Crippen molar-refractivity contribution in [1.29, 1.82) is 0 Å². The molecule has 0 spiro atoms. The SMILES string of the molecule is CCCCCCC(Cc1ccc(-c2ccc(C(C)(C)C)cc2)cc1)c1ccc(C(=O)NCCC)cc1. The van der Waals surface area contributed by atoms with Crippen LogP contribution in [0.4, 0.5) is 0 Å². The number of carbonyl (C=O) groups is 1. The molecule has 0 aliphatic rings. The maximum absolute atomic E-state index is 12.3. The highest BCUT2D eigenvalue weighted by molar-refractivity contribution is 5.94. The average Bonchev–Trinajstić information content (AvgIpc) is 2.89. The van der Waals surface area contributed by atoms with Crippen LogP contribution in [0.1, 0.15) is 106 Å². The summed E-state index contributed by atoms with van der Waals surface area (Å²) in [6.07, 6.45) is 8.23. The van der Waals surface area contributed by atoms with Crippen LogP contribution in [0.2, 0.25) is 0 Å². The molecule has 2 heteroatoms. The molecule has 3 aromatic carbocycles. The van der Waals surface area contributed by atoms with Crippen LogP contribution in [0.3, 0.4) is 0 Å². The highest BCUT2D eigenvalue weighted by Gasteiger charge is 2.15. The molecule has 3 rings (SSSR count). The van der Waals surface area contributed by atoms with E-state index in [1.807, 2.05) is 12.1 Å². The first kappa shape index (κ1) is 27.7. The Morgan fingerprint density at radius 1 is 0.750 bits per heavy atom. The van der Waals surface area contributed by atoms with Gasteiger partial charge >= 0.3 is 0 Å². The number of benzene rings is 3. The highest BCUT2D eigenvalue weighted by atomic mass is 16.1. The second-order valence-corrected chi connectivity index (χ2v) is 11.2. The molecule has 0 radical (unpaired) electrons. The molecule has 0 saturated heterocycles. The van der Waals surface area contributed by atoms with Crippen molar-refractivity contribution in [2.24, 2.45) is 0 Å². The van der Waals surface area contributed by atoms with Gasteiger partial charge in [-0.05, 0) is 70.5 Å². The Morgan fingerprint density at radius 3 is 1.92 bits per heavy atom.